The molecule has 156 valence electrons. The van der Waals surface area contributed by atoms with Crippen molar-refractivity contribution < 1.29 is 27.2 Å². The first-order valence-corrected chi connectivity index (χ1v) is 13.0. The van der Waals surface area contributed by atoms with Crippen molar-refractivity contribution in [2.75, 3.05) is 26.4 Å². The van der Waals surface area contributed by atoms with Crippen LogP contribution < -0.4 is 0 Å². The van der Waals surface area contributed by atoms with Gasteiger partial charge >= 0.3 is 15.2 Å². The minimum atomic E-state index is -3.80. The molecule has 0 aromatic heterocycles. The molecule has 1 rings (SSSR count). The Bertz CT molecular complexity index is 549. The fraction of sp³-hybridized carbons (Fsp3) is 0.684. The first-order valence-electron chi connectivity index (χ1n) is 9.79. The lowest BCUT2D eigenvalue weighted by atomic mass is 10.2. The average molecular weight is 420 g/mol. The van der Waals surface area contributed by atoms with Crippen LogP contribution in [-0.4, -0.2) is 26.4 Å². The summed E-state index contributed by atoms with van der Waals surface area (Å²) in [7, 11) is -7.60. The second-order valence-corrected chi connectivity index (χ2v) is 10.8. The Balaban J connectivity index is 3.45. The van der Waals surface area contributed by atoms with Crippen LogP contribution >= 0.6 is 15.2 Å². The summed E-state index contributed by atoms with van der Waals surface area (Å²) in [6, 6.07) is 8.97. The van der Waals surface area contributed by atoms with Gasteiger partial charge in [0.15, 0.2) is 5.40 Å². The molecule has 0 amide bonds. The maximum atomic E-state index is 13.8. The highest BCUT2D eigenvalue weighted by Gasteiger charge is 2.52. The third-order valence-corrected chi connectivity index (χ3v) is 9.26. The average Bonchev–Trinajstić information content (AvgIpc) is 2.69. The molecule has 0 atom stereocenters. The second-order valence-electron chi connectivity index (χ2n) is 6.20. The van der Waals surface area contributed by atoms with Gasteiger partial charge in [0.2, 0.25) is 0 Å². The molecule has 0 aliphatic heterocycles. The van der Waals surface area contributed by atoms with Crippen molar-refractivity contribution >= 4 is 15.2 Å². The van der Waals surface area contributed by atoms with E-state index in [9.17, 15) is 9.13 Å². The van der Waals surface area contributed by atoms with Crippen LogP contribution in [0.2, 0.25) is 0 Å². The first-order chi connectivity index (χ1) is 13.0. The summed E-state index contributed by atoms with van der Waals surface area (Å²) < 4.78 is 50.5. The largest absolute Gasteiger partial charge is 0.350 e. The highest BCUT2D eigenvalue weighted by Crippen LogP contribution is 2.78. The SMILES string of the molecule is CCCOP(=O)(OCCC)C(c1ccccc1)P(=O)(OCCC)OCCC. The zero-order chi connectivity index (χ0) is 20.2. The third kappa shape index (κ3) is 7.45. The van der Waals surface area contributed by atoms with E-state index in [0.29, 0.717) is 31.2 Å². The van der Waals surface area contributed by atoms with Crippen molar-refractivity contribution in [1.29, 1.82) is 0 Å². The minimum absolute atomic E-state index is 0.242. The van der Waals surface area contributed by atoms with E-state index in [1.165, 1.54) is 0 Å². The number of benzene rings is 1. The summed E-state index contributed by atoms with van der Waals surface area (Å²) in [5.74, 6) is 0. The molecule has 0 radical (unpaired) electrons. The van der Waals surface area contributed by atoms with Crippen molar-refractivity contribution in [3.05, 3.63) is 35.9 Å². The van der Waals surface area contributed by atoms with Gasteiger partial charge in [0.05, 0.1) is 26.4 Å². The van der Waals surface area contributed by atoms with E-state index in [1.807, 2.05) is 33.8 Å². The van der Waals surface area contributed by atoms with Gasteiger partial charge in [-0.1, -0.05) is 58.0 Å². The van der Waals surface area contributed by atoms with Gasteiger partial charge in [-0.15, -0.1) is 0 Å². The van der Waals surface area contributed by atoms with Gasteiger partial charge in [-0.05, 0) is 31.2 Å². The van der Waals surface area contributed by atoms with Crippen LogP contribution in [0.3, 0.4) is 0 Å². The van der Waals surface area contributed by atoms with E-state index in [4.69, 9.17) is 18.1 Å². The molecule has 0 bridgehead atoms. The van der Waals surface area contributed by atoms with Gasteiger partial charge in [-0.2, -0.15) is 0 Å². The van der Waals surface area contributed by atoms with E-state index < -0.39 is 20.6 Å². The zero-order valence-corrected chi connectivity index (χ0v) is 18.8. The molecule has 6 nitrogen and oxygen atoms in total. The molecule has 8 heteroatoms. The first kappa shape index (κ1) is 24.6. The van der Waals surface area contributed by atoms with Crippen molar-refractivity contribution in [3.63, 3.8) is 0 Å². The Morgan fingerprint density at radius 3 is 1.30 bits per heavy atom. The van der Waals surface area contributed by atoms with Crippen molar-refractivity contribution in [1.82, 2.24) is 0 Å². The Hall–Kier alpha value is -0.480. The maximum Gasteiger partial charge on any atom is 0.350 e. The highest BCUT2D eigenvalue weighted by molar-refractivity contribution is 7.72. The predicted molar refractivity (Wildman–Crippen MR) is 109 cm³/mol. The molecule has 1 aromatic carbocycles. The predicted octanol–water partition coefficient (Wildman–Crippen LogP) is 6.78. The minimum Gasteiger partial charge on any atom is -0.308 e. The number of hydrogen-bond acceptors (Lipinski definition) is 6. The van der Waals surface area contributed by atoms with Crippen molar-refractivity contribution in [3.8, 4) is 0 Å². The number of hydrogen-bond donors (Lipinski definition) is 0. The van der Waals surface area contributed by atoms with Crippen LogP contribution in [0, 0.1) is 0 Å². The lowest BCUT2D eigenvalue weighted by molar-refractivity contribution is 0.181. The Kier molecular flexibility index (Phi) is 11.7. The van der Waals surface area contributed by atoms with Crippen LogP contribution in [0.1, 0.15) is 64.3 Å². The molecular weight excluding hydrogens is 386 g/mol. The molecule has 1 aromatic rings. The van der Waals surface area contributed by atoms with Crippen LogP contribution in [0.5, 0.6) is 0 Å². The van der Waals surface area contributed by atoms with Gasteiger partial charge in [0.1, 0.15) is 0 Å². The topological polar surface area (TPSA) is 71.1 Å². The summed E-state index contributed by atoms with van der Waals surface area (Å²) in [6.07, 6.45) is 2.65. The van der Waals surface area contributed by atoms with Gasteiger partial charge in [0, 0.05) is 0 Å². The molecule has 27 heavy (non-hydrogen) atoms. The third-order valence-electron chi connectivity index (χ3n) is 3.60. The molecule has 0 unspecified atom stereocenters. The standard InChI is InChI=1S/C19H34O6P2/c1-5-14-22-26(20,23-15-6-2)19(18-12-10-9-11-13-18)27(21,24-16-7-3)25-17-8-4/h9-13,19H,5-8,14-17H2,1-4H3. The summed E-state index contributed by atoms with van der Waals surface area (Å²) in [5, 5.41) is -1.11. The second kappa shape index (κ2) is 12.9. The highest BCUT2D eigenvalue weighted by atomic mass is 31.2. The summed E-state index contributed by atoms with van der Waals surface area (Å²) in [4.78, 5) is 0. The summed E-state index contributed by atoms with van der Waals surface area (Å²) in [5.41, 5.74) is 0.573. The lowest BCUT2D eigenvalue weighted by Gasteiger charge is -2.32. The molecule has 0 spiro atoms. The van der Waals surface area contributed by atoms with Crippen LogP contribution in [0.25, 0.3) is 0 Å². The van der Waals surface area contributed by atoms with Crippen LogP contribution in [0.4, 0.5) is 0 Å². The normalized spacial score (nSPS) is 12.6. The quantitative estimate of drug-likeness (QED) is 0.291. The van der Waals surface area contributed by atoms with Gasteiger partial charge in [-0.25, -0.2) is 0 Å². The van der Waals surface area contributed by atoms with Gasteiger partial charge in [0.25, 0.3) is 0 Å². The summed E-state index contributed by atoms with van der Waals surface area (Å²) in [6.45, 7) is 8.64. The zero-order valence-electron chi connectivity index (χ0n) is 17.0. The Labute approximate surface area is 164 Å². The Morgan fingerprint density at radius 1 is 0.667 bits per heavy atom. The van der Waals surface area contributed by atoms with E-state index in [2.05, 4.69) is 0 Å². The molecule has 0 saturated carbocycles. The Morgan fingerprint density at radius 2 is 1.00 bits per heavy atom. The van der Waals surface area contributed by atoms with E-state index in [0.717, 1.165) is 0 Å². The molecule has 0 aliphatic carbocycles. The van der Waals surface area contributed by atoms with Gasteiger partial charge in [-0.3, -0.25) is 9.13 Å². The molecule has 0 saturated heterocycles. The number of rotatable bonds is 15. The fourth-order valence-electron chi connectivity index (χ4n) is 2.39. The van der Waals surface area contributed by atoms with Crippen LogP contribution in [-0.2, 0) is 27.2 Å². The van der Waals surface area contributed by atoms with E-state index in [-0.39, 0.29) is 26.4 Å². The molecular formula is C19H34O6P2. The monoisotopic (exact) mass is 420 g/mol. The fourth-order valence-corrected chi connectivity index (χ4v) is 8.12. The van der Waals surface area contributed by atoms with Gasteiger partial charge < -0.3 is 18.1 Å². The summed E-state index contributed by atoms with van der Waals surface area (Å²) >= 11 is 0. The van der Waals surface area contributed by atoms with E-state index in [1.54, 1.807) is 24.3 Å². The molecule has 0 aliphatic rings. The van der Waals surface area contributed by atoms with Crippen LogP contribution in [0.15, 0.2) is 30.3 Å². The molecule has 0 fully saturated rings. The van der Waals surface area contributed by atoms with Crippen molar-refractivity contribution in [2.45, 2.75) is 58.8 Å². The maximum absolute atomic E-state index is 13.8. The lowest BCUT2D eigenvalue weighted by Crippen LogP contribution is -2.13. The van der Waals surface area contributed by atoms with Crippen molar-refractivity contribution in [2.24, 2.45) is 0 Å². The smallest absolute Gasteiger partial charge is 0.308 e. The molecule has 0 N–H and O–H groups in total. The van der Waals surface area contributed by atoms with E-state index >= 15 is 0 Å². The molecule has 0 heterocycles.